The van der Waals surface area contributed by atoms with Crippen molar-refractivity contribution in [1.82, 2.24) is 0 Å². The fourth-order valence-electron chi connectivity index (χ4n) is 1.47. The van der Waals surface area contributed by atoms with Crippen LogP contribution in [-0.4, -0.2) is 0 Å². The molecule has 100 valence electrons. The number of alkyl halides is 3. The average molecular weight is 443 g/mol. The van der Waals surface area contributed by atoms with Crippen LogP contribution in [0, 0.1) is 3.57 Å². The van der Waals surface area contributed by atoms with Crippen molar-refractivity contribution in [3.8, 4) is 11.5 Å². The van der Waals surface area contributed by atoms with Crippen LogP contribution < -0.4 is 4.74 Å². The maximum Gasteiger partial charge on any atom is 0.420 e. The highest BCUT2D eigenvalue weighted by atomic mass is 127. The standard InChI is InChI=1S/C13H7BrF3IO/c14-8-4-5-12(11(6-8)13(15,16)17)19-10-3-1-2-9(18)7-10/h1-7H. The zero-order valence-electron chi connectivity index (χ0n) is 9.34. The highest BCUT2D eigenvalue weighted by Gasteiger charge is 2.34. The van der Waals surface area contributed by atoms with Crippen LogP contribution in [0.1, 0.15) is 5.56 Å². The fraction of sp³-hybridized carbons (Fsp3) is 0.0769. The molecule has 2 aromatic rings. The molecule has 0 aliphatic rings. The normalized spacial score (nSPS) is 11.4. The Morgan fingerprint density at radius 3 is 2.42 bits per heavy atom. The summed E-state index contributed by atoms with van der Waals surface area (Å²) in [6.45, 7) is 0. The van der Waals surface area contributed by atoms with Gasteiger partial charge in [0.05, 0.1) is 5.56 Å². The van der Waals surface area contributed by atoms with E-state index in [1.54, 1.807) is 18.2 Å². The zero-order valence-corrected chi connectivity index (χ0v) is 13.1. The number of benzene rings is 2. The lowest BCUT2D eigenvalue weighted by atomic mass is 10.2. The molecule has 0 heterocycles. The second-order valence-electron chi connectivity index (χ2n) is 3.70. The number of ether oxygens (including phenoxy) is 1. The number of hydrogen-bond acceptors (Lipinski definition) is 1. The Balaban J connectivity index is 2.40. The van der Waals surface area contributed by atoms with Crippen molar-refractivity contribution in [2.24, 2.45) is 0 Å². The first-order valence-electron chi connectivity index (χ1n) is 5.16. The first-order valence-corrected chi connectivity index (χ1v) is 7.03. The van der Waals surface area contributed by atoms with E-state index in [9.17, 15) is 13.2 Å². The lowest BCUT2D eigenvalue weighted by Crippen LogP contribution is -2.07. The summed E-state index contributed by atoms with van der Waals surface area (Å²) in [6.07, 6.45) is -4.46. The molecule has 6 heteroatoms. The molecule has 0 saturated carbocycles. The summed E-state index contributed by atoms with van der Waals surface area (Å²) in [5.41, 5.74) is -0.805. The maximum atomic E-state index is 12.9. The van der Waals surface area contributed by atoms with Gasteiger partial charge >= 0.3 is 6.18 Å². The van der Waals surface area contributed by atoms with Crippen molar-refractivity contribution in [3.05, 3.63) is 56.1 Å². The van der Waals surface area contributed by atoms with Gasteiger partial charge in [0.2, 0.25) is 0 Å². The summed E-state index contributed by atoms with van der Waals surface area (Å²) in [5.74, 6) is 0.164. The lowest BCUT2D eigenvalue weighted by Gasteiger charge is -2.14. The van der Waals surface area contributed by atoms with Gasteiger partial charge in [0.25, 0.3) is 0 Å². The van der Waals surface area contributed by atoms with E-state index in [2.05, 4.69) is 38.5 Å². The third-order valence-electron chi connectivity index (χ3n) is 2.27. The quantitative estimate of drug-likeness (QED) is 0.529. The first-order chi connectivity index (χ1) is 8.86. The van der Waals surface area contributed by atoms with Gasteiger partial charge < -0.3 is 4.74 Å². The molecule has 0 aliphatic carbocycles. The number of rotatable bonds is 2. The van der Waals surface area contributed by atoms with Crippen molar-refractivity contribution in [1.29, 1.82) is 0 Å². The van der Waals surface area contributed by atoms with Gasteiger partial charge in [-0.15, -0.1) is 0 Å². The Morgan fingerprint density at radius 2 is 1.79 bits per heavy atom. The molecule has 0 amide bonds. The van der Waals surface area contributed by atoms with Crippen molar-refractivity contribution in [2.75, 3.05) is 0 Å². The van der Waals surface area contributed by atoms with Gasteiger partial charge in [-0.3, -0.25) is 0 Å². The highest BCUT2D eigenvalue weighted by molar-refractivity contribution is 14.1. The van der Waals surface area contributed by atoms with Gasteiger partial charge in [0.15, 0.2) is 0 Å². The molecule has 0 radical (unpaired) electrons. The van der Waals surface area contributed by atoms with Crippen LogP contribution in [0.25, 0.3) is 0 Å². The fourth-order valence-corrected chi connectivity index (χ4v) is 2.35. The molecule has 0 aliphatic heterocycles. The first kappa shape index (κ1) is 14.6. The van der Waals surface area contributed by atoms with Crippen molar-refractivity contribution >= 4 is 38.5 Å². The molecular formula is C13H7BrF3IO. The molecule has 0 fully saturated rings. The predicted octanol–water partition coefficient (Wildman–Crippen LogP) is 5.86. The summed E-state index contributed by atoms with van der Waals surface area (Å²) in [5, 5.41) is 0. The van der Waals surface area contributed by atoms with E-state index in [0.29, 0.717) is 10.2 Å². The monoisotopic (exact) mass is 442 g/mol. The zero-order chi connectivity index (χ0) is 14.0. The summed E-state index contributed by atoms with van der Waals surface area (Å²) in [4.78, 5) is 0. The van der Waals surface area contributed by atoms with Crippen LogP contribution >= 0.6 is 38.5 Å². The third kappa shape index (κ3) is 3.85. The molecule has 0 atom stereocenters. The summed E-state index contributed by atoms with van der Waals surface area (Å²) in [6, 6.07) is 10.7. The average Bonchev–Trinajstić information content (AvgIpc) is 2.30. The van der Waals surface area contributed by atoms with E-state index in [4.69, 9.17) is 4.74 Å². The second-order valence-corrected chi connectivity index (χ2v) is 5.86. The predicted molar refractivity (Wildman–Crippen MR) is 78.4 cm³/mol. The van der Waals surface area contributed by atoms with Gasteiger partial charge in [-0.25, -0.2) is 0 Å². The Kier molecular flexibility index (Phi) is 4.39. The molecule has 0 saturated heterocycles. The Morgan fingerprint density at radius 1 is 1.05 bits per heavy atom. The van der Waals surface area contributed by atoms with Gasteiger partial charge in [-0.2, -0.15) is 13.2 Å². The molecule has 0 aromatic heterocycles. The minimum absolute atomic E-state index is 0.210. The van der Waals surface area contributed by atoms with Crippen molar-refractivity contribution in [2.45, 2.75) is 6.18 Å². The molecule has 0 spiro atoms. The SMILES string of the molecule is FC(F)(F)c1cc(Br)ccc1Oc1cccc(I)c1. The molecule has 1 nitrogen and oxygen atoms in total. The minimum atomic E-state index is -4.46. The minimum Gasteiger partial charge on any atom is -0.457 e. The van der Waals surface area contributed by atoms with Crippen molar-refractivity contribution in [3.63, 3.8) is 0 Å². The van der Waals surface area contributed by atoms with E-state index in [0.717, 1.165) is 9.64 Å². The van der Waals surface area contributed by atoms with E-state index >= 15 is 0 Å². The topological polar surface area (TPSA) is 9.23 Å². The Bertz CT molecular complexity index is 599. The van der Waals surface area contributed by atoms with E-state index in [-0.39, 0.29) is 5.75 Å². The van der Waals surface area contributed by atoms with E-state index < -0.39 is 11.7 Å². The van der Waals surface area contributed by atoms with Crippen LogP contribution in [0.3, 0.4) is 0 Å². The van der Waals surface area contributed by atoms with Crippen LogP contribution in [0.2, 0.25) is 0 Å². The smallest absolute Gasteiger partial charge is 0.420 e. The van der Waals surface area contributed by atoms with Gasteiger partial charge in [-0.05, 0) is 59.0 Å². The van der Waals surface area contributed by atoms with Crippen molar-refractivity contribution < 1.29 is 17.9 Å². The van der Waals surface area contributed by atoms with E-state index in [1.807, 2.05) is 6.07 Å². The molecule has 0 N–H and O–H groups in total. The lowest BCUT2D eigenvalue weighted by molar-refractivity contribution is -0.138. The van der Waals surface area contributed by atoms with Gasteiger partial charge in [0.1, 0.15) is 11.5 Å². The summed E-state index contributed by atoms with van der Waals surface area (Å²) < 4.78 is 45.3. The van der Waals surface area contributed by atoms with Crippen LogP contribution in [-0.2, 0) is 6.18 Å². The molecule has 2 aromatic carbocycles. The van der Waals surface area contributed by atoms with Crippen LogP contribution in [0.15, 0.2) is 46.9 Å². The highest BCUT2D eigenvalue weighted by Crippen LogP contribution is 2.39. The molecule has 2 rings (SSSR count). The summed E-state index contributed by atoms with van der Waals surface area (Å²) in [7, 11) is 0. The molecule has 0 unspecified atom stereocenters. The second kappa shape index (κ2) is 5.70. The van der Waals surface area contributed by atoms with Crippen LogP contribution in [0.4, 0.5) is 13.2 Å². The van der Waals surface area contributed by atoms with Gasteiger partial charge in [0, 0.05) is 8.04 Å². The van der Waals surface area contributed by atoms with E-state index in [1.165, 1.54) is 12.1 Å². The molecule has 19 heavy (non-hydrogen) atoms. The third-order valence-corrected chi connectivity index (χ3v) is 3.44. The summed E-state index contributed by atoms with van der Waals surface area (Å²) >= 11 is 5.10. The van der Waals surface area contributed by atoms with Crippen LogP contribution in [0.5, 0.6) is 11.5 Å². The Labute approximate surface area is 130 Å². The Hall–Kier alpha value is -0.760. The number of hydrogen-bond donors (Lipinski definition) is 0. The number of halogens is 5. The molecular weight excluding hydrogens is 436 g/mol. The maximum absolute atomic E-state index is 12.9. The van der Waals surface area contributed by atoms with Gasteiger partial charge in [-0.1, -0.05) is 22.0 Å². The largest absolute Gasteiger partial charge is 0.457 e. The molecule has 0 bridgehead atoms.